The van der Waals surface area contributed by atoms with Crippen LogP contribution < -0.4 is 30.4 Å². The van der Waals surface area contributed by atoms with Gasteiger partial charge >= 0.3 is 6.03 Å². The van der Waals surface area contributed by atoms with Crippen molar-refractivity contribution in [3.63, 3.8) is 0 Å². The van der Waals surface area contributed by atoms with E-state index in [1.54, 1.807) is 32.4 Å². The van der Waals surface area contributed by atoms with Crippen LogP contribution in [0.25, 0.3) is 0 Å². The van der Waals surface area contributed by atoms with Gasteiger partial charge in [-0.3, -0.25) is 10.2 Å². The topological polar surface area (TPSA) is 97.9 Å². The molecular formula is C19H21BrClN3O5. The van der Waals surface area contributed by atoms with E-state index in [0.717, 1.165) is 10.0 Å². The second-order valence-corrected chi connectivity index (χ2v) is 7.02. The highest BCUT2D eigenvalue weighted by Crippen LogP contribution is 2.33. The van der Waals surface area contributed by atoms with E-state index >= 15 is 0 Å². The molecule has 2 aromatic rings. The van der Waals surface area contributed by atoms with Crippen molar-refractivity contribution in [1.82, 2.24) is 16.2 Å². The molecule has 0 aliphatic heterocycles. The number of carbonyl (C=O) groups is 2. The van der Waals surface area contributed by atoms with Crippen molar-refractivity contribution < 1.29 is 23.8 Å². The number of amides is 3. The van der Waals surface area contributed by atoms with Crippen molar-refractivity contribution in [2.75, 3.05) is 27.9 Å². The van der Waals surface area contributed by atoms with Crippen molar-refractivity contribution >= 4 is 39.5 Å². The number of hydrogen-bond acceptors (Lipinski definition) is 5. The zero-order valence-electron chi connectivity index (χ0n) is 16.1. The predicted molar refractivity (Wildman–Crippen MR) is 113 cm³/mol. The van der Waals surface area contributed by atoms with Gasteiger partial charge in [0.15, 0.2) is 11.5 Å². The van der Waals surface area contributed by atoms with Gasteiger partial charge in [0.25, 0.3) is 5.91 Å². The zero-order chi connectivity index (χ0) is 21.4. The summed E-state index contributed by atoms with van der Waals surface area (Å²) in [4.78, 5) is 24.2. The van der Waals surface area contributed by atoms with Gasteiger partial charge in [-0.2, -0.15) is 0 Å². The van der Waals surface area contributed by atoms with Crippen LogP contribution in [0.2, 0.25) is 5.02 Å². The molecule has 3 amide bonds. The molecule has 8 nitrogen and oxygen atoms in total. The first-order valence-electron chi connectivity index (χ1n) is 8.47. The molecule has 2 rings (SSSR count). The van der Waals surface area contributed by atoms with Gasteiger partial charge in [0, 0.05) is 16.0 Å². The second kappa shape index (κ2) is 10.8. The molecule has 0 bridgehead atoms. The highest BCUT2D eigenvalue weighted by molar-refractivity contribution is 9.10. The quantitative estimate of drug-likeness (QED) is 0.522. The molecular weight excluding hydrogens is 466 g/mol. The van der Waals surface area contributed by atoms with E-state index in [2.05, 4.69) is 32.1 Å². The minimum Gasteiger partial charge on any atom is -0.496 e. The molecule has 0 fully saturated rings. The van der Waals surface area contributed by atoms with Crippen molar-refractivity contribution in [3.8, 4) is 17.2 Å². The fourth-order valence-corrected chi connectivity index (χ4v) is 3.17. The number of rotatable bonds is 7. The van der Waals surface area contributed by atoms with Crippen LogP contribution in [0, 0.1) is 0 Å². The van der Waals surface area contributed by atoms with Gasteiger partial charge in [0.2, 0.25) is 0 Å². The summed E-state index contributed by atoms with van der Waals surface area (Å²) in [5, 5.41) is 3.03. The number of carbonyl (C=O) groups excluding carboxylic acids is 2. The molecule has 0 unspecified atom stereocenters. The predicted octanol–water partition coefficient (Wildman–Crippen LogP) is 3.32. The molecule has 0 aromatic heterocycles. The van der Waals surface area contributed by atoms with Crippen molar-refractivity contribution in [3.05, 3.63) is 51.0 Å². The monoisotopic (exact) mass is 485 g/mol. The number of hydrazine groups is 1. The molecule has 0 aliphatic rings. The Hall–Kier alpha value is -2.65. The van der Waals surface area contributed by atoms with E-state index in [-0.39, 0.29) is 5.56 Å². The van der Waals surface area contributed by atoms with Gasteiger partial charge in [0.05, 0.1) is 26.9 Å². The first kappa shape index (κ1) is 22.6. The maximum Gasteiger partial charge on any atom is 0.333 e. The van der Waals surface area contributed by atoms with E-state index in [4.69, 9.17) is 25.8 Å². The summed E-state index contributed by atoms with van der Waals surface area (Å²) in [5.74, 6) is 0.986. The van der Waals surface area contributed by atoms with Crippen LogP contribution >= 0.6 is 27.5 Å². The lowest BCUT2D eigenvalue weighted by Gasteiger charge is -2.13. The fraction of sp³-hybridized carbons (Fsp3) is 0.263. The summed E-state index contributed by atoms with van der Waals surface area (Å²) in [7, 11) is 4.55. The number of urea groups is 1. The minimum absolute atomic E-state index is 0.203. The van der Waals surface area contributed by atoms with Crippen molar-refractivity contribution in [2.24, 2.45) is 0 Å². The van der Waals surface area contributed by atoms with Gasteiger partial charge in [-0.1, -0.05) is 27.5 Å². The minimum atomic E-state index is -0.559. The zero-order valence-corrected chi connectivity index (χ0v) is 18.4. The highest BCUT2D eigenvalue weighted by atomic mass is 79.9. The summed E-state index contributed by atoms with van der Waals surface area (Å²) in [5.41, 5.74) is 5.73. The van der Waals surface area contributed by atoms with Crippen molar-refractivity contribution in [1.29, 1.82) is 0 Å². The average molecular weight is 487 g/mol. The normalized spacial score (nSPS) is 10.1. The largest absolute Gasteiger partial charge is 0.496 e. The van der Waals surface area contributed by atoms with Crippen LogP contribution in [-0.4, -0.2) is 39.8 Å². The standard InChI is InChI=1S/C19H21BrClN3O5/c1-27-15-5-4-12(21)9-13(15)18(25)23-24-19(26)22-7-6-11-8-16(28-2)17(29-3)10-14(11)20/h4-5,8-10H,6-7H2,1-3H3,(H,23,25)(H2,22,24,26). The Morgan fingerprint density at radius 2 is 1.62 bits per heavy atom. The van der Waals surface area contributed by atoms with Crippen LogP contribution in [0.1, 0.15) is 15.9 Å². The molecule has 156 valence electrons. The smallest absolute Gasteiger partial charge is 0.333 e. The molecule has 0 saturated heterocycles. The van der Waals surface area contributed by atoms with E-state index in [9.17, 15) is 9.59 Å². The summed E-state index contributed by atoms with van der Waals surface area (Å²) in [6.07, 6.45) is 0.532. The molecule has 2 aromatic carbocycles. The number of halogens is 2. The summed E-state index contributed by atoms with van der Waals surface area (Å²) in [6.45, 7) is 0.330. The molecule has 0 heterocycles. The first-order chi connectivity index (χ1) is 13.9. The Labute approximate surface area is 181 Å². The Balaban J connectivity index is 1.87. The van der Waals surface area contributed by atoms with Crippen LogP contribution in [0.4, 0.5) is 4.79 Å². The van der Waals surface area contributed by atoms with Gasteiger partial charge in [-0.15, -0.1) is 0 Å². The van der Waals surface area contributed by atoms with E-state index in [0.29, 0.717) is 35.2 Å². The molecule has 3 N–H and O–H groups in total. The third kappa shape index (κ3) is 6.16. The Morgan fingerprint density at radius 3 is 2.28 bits per heavy atom. The summed E-state index contributed by atoms with van der Waals surface area (Å²) >= 11 is 9.37. The fourth-order valence-electron chi connectivity index (χ4n) is 2.48. The van der Waals surface area contributed by atoms with E-state index < -0.39 is 11.9 Å². The number of nitrogens with one attached hydrogen (secondary N) is 3. The number of benzene rings is 2. The lowest BCUT2D eigenvalue weighted by Crippen LogP contribution is -2.47. The Bertz CT molecular complexity index is 894. The number of ether oxygens (including phenoxy) is 3. The molecule has 0 atom stereocenters. The third-order valence-electron chi connectivity index (χ3n) is 3.93. The van der Waals surface area contributed by atoms with Gasteiger partial charge < -0.3 is 19.5 Å². The molecule has 10 heteroatoms. The average Bonchev–Trinajstić information content (AvgIpc) is 2.72. The van der Waals surface area contributed by atoms with Crippen LogP contribution in [0.5, 0.6) is 17.2 Å². The second-order valence-electron chi connectivity index (χ2n) is 5.73. The van der Waals surface area contributed by atoms with Crippen LogP contribution in [-0.2, 0) is 6.42 Å². The molecule has 0 aliphatic carbocycles. The first-order valence-corrected chi connectivity index (χ1v) is 9.64. The Kier molecular flexibility index (Phi) is 8.41. The van der Waals surface area contributed by atoms with E-state index in [1.165, 1.54) is 13.2 Å². The lowest BCUT2D eigenvalue weighted by atomic mass is 10.1. The SMILES string of the molecule is COc1cc(Br)c(CCNC(=O)NNC(=O)c2cc(Cl)ccc2OC)cc1OC. The number of methoxy groups -OCH3 is 3. The summed E-state index contributed by atoms with van der Waals surface area (Å²) in [6, 6.07) is 7.69. The van der Waals surface area contributed by atoms with Gasteiger partial charge in [-0.25, -0.2) is 10.2 Å². The molecule has 0 radical (unpaired) electrons. The maximum absolute atomic E-state index is 12.2. The maximum atomic E-state index is 12.2. The van der Waals surface area contributed by atoms with Crippen molar-refractivity contribution in [2.45, 2.75) is 6.42 Å². The molecule has 0 spiro atoms. The molecule has 29 heavy (non-hydrogen) atoms. The molecule has 0 saturated carbocycles. The van der Waals surface area contributed by atoms with Gasteiger partial charge in [0.1, 0.15) is 5.75 Å². The van der Waals surface area contributed by atoms with Gasteiger partial charge in [-0.05, 0) is 42.3 Å². The lowest BCUT2D eigenvalue weighted by molar-refractivity contribution is 0.0933. The van der Waals surface area contributed by atoms with Crippen LogP contribution in [0.3, 0.4) is 0 Å². The Morgan fingerprint density at radius 1 is 0.966 bits per heavy atom. The third-order valence-corrected chi connectivity index (χ3v) is 4.90. The van der Waals surface area contributed by atoms with E-state index in [1.807, 2.05) is 6.07 Å². The van der Waals surface area contributed by atoms with Crippen LogP contribution in [0.15, 0.2) is 34.8 Å². The number of hydrogen-bond donors (Lipinski definition) is 3. The summed E-state index contributed by atoms with van der Waals surface area (Å²) < 4.78 is 16.5. The highest BCUT2D eigenvalue weighted by Gasteiger charge is 2.14.